The Labute approximate surface area is 232 Å². The Kier molecular flexibility index (Phi) is 9.93. The normalized spacial score (nSPS) is 19.6. The van der Waals surface area contributed by atoms with Gasteiger partial charge in [-0.25, -0.2) is 4.79 Å². The van der Waals surface area contributed by atoms with Gasteiger partial charge in [-0.1, -0.05) is 97.6 Å². The van der Waals surface area contributed by atoms with E-state index in [1.54, 1.807) is 4.90 Å². The highest BCUT2D eigenvalue weighted by molar-refractivity contribution is 5.69. The summed E-state index contributed by atoms with van der Waals surface area (Å²) in [6.07, 6.45) is -1.37. The summed E-state index contributed by atoms with van der Waals surface area (Å²) in [7, 11) is 0. The number of carbonyl (C=O) groups is 1. The van der Waals surface area contributed by atoms with Crippen molar-refractivity contribution in [2.24, 2.45) is 0 Å². The molecule has 0 unspecified atom stereocenters. The monoisotopic (exact) mass is 529 g/mol. The highest BCUT2D eigenvalue weighted by Gasteiger charge is 2.45. The summed E-state index contributed by atoms with van der Waals surface area (Å²) < 4.78 is 25.0. The second-order valence-corrected chi connectivity index (χ2v) is 10.8. The topological polar surface area (TPSA) is 57.2 Å². The number of amides is 1. The smallest absolute Gasteiger partial charge is 0.411 e. The number of likely N-dealkylation sites (tertiary alicyclic amines) is 1. The number of rotatable bonds is 10. The third-order valence-corrected chi connectivity index (χ3v) is 6.44. The number of benzene rings is 3. The molecule has 1 saturated heterocycles. The van der Waals surface area contributed by atoms with Gasteiger partial charge in [-0.15, -0.1) is 0 Å². The van der Waals surface area contributed by atoms with Crippen molar-refractivity contribution in [2.45, 2.75) is 64.4 Å². The predicted molar refractivity (Wildman–Crippen MR) is 152 cm³/mol. The van der Waals surface area contributed by atoms with Crippen molar-refractivity contribution in [1.82, 2.24) is 4.90 Å². The van der Waals surface area contributed by atoms with Gasteiger partial charge in [-0.05, 0) is 43.0 Å². The van der Waals surface area contributed by atoms with Gasteiger partial charge in [-0.2, -0.15) is 0 Å². The van der Waals surface area contributed by atoms with E-state index < -0.39 is 29.9 Å². The maximum Gasteiger partial charge on any atom is 0.411 e. The minimum Gasteiger partial charge on any atom is -0.444 e. The first-order chi connectivity index (χ1) is 18.8. The van der Waals surface area contributed by atoms with Crippen LogP contribution in [0.4, 0.5) is 4.79 Å². The molecule has 1 aliphatic rings. The number of carbonyl (C=O) groups excluding carboxylic acids is 1. The van der Waals surface area contributed by atoms with Crippen molar-refractivity contribution in [2.75, 3.05) is 13.2 Å². The maximum absolute atomic E-state index is 13.4. The third-order valence-electron chi connectivity index (χ3n) is 6.44. The van der Waals surface area contributed by atoms with Crippen LogP contribution in [0.2, 0.25) is 0 Å². The first kappa shape index (κ1) is 28.6. The highest BCUT2D eigenvalue weighted by Crippen LogP contribution is 2.30. The quantitative estimate of drug-likeness (QED) is 0.279. The summed E-state index contributed by atoms with van der Waals surface area (Å²) in [4.78, 5) is 15.1. The molecule has 1 aliphatic heterocycles. The van der Waals surface area contributed by atoms with Crippen molar-refractivity contribution >= 4 is 6.09 Å². The van der Waals surface area contributed by atoms with E-state index in [2.05, 4.69) is 6.58 Å². The van der Waals surface area contributed by atoms with Gasteiger partial charge in [0.1, 0.15) is 17.8 Å². The second kappa shape index (κ2) is 13.6. The lowest BCUT2D eigenvalue weighted by molar-refractivity contribution is -0.134. The zero-order valence-corrected chi connectivity index (χ0v) is 23.1. The average Bonchev–Trinajstić information content (AvgIpc) is 2.92. The molecule has 1 amide bonds. The molecule has 3 aromatic carbocycles. The molecule has 0 bridgehead atoms. The molecule has 0 aromatic heterocycles. The van der Waals surface area contributed by atoms with Crippen LogP contribution >= 0.6 is 0 Å². The molecule has 39 heavy (non-hydrogen) atoms. The largest absolute Gasteiger partial charge is 0.444 e. The van der Waals surface area contributed by atoms with Crippen LogP contribution in [0, 0.1) is 0 Å². The minimum atomic E-state index is -0.644. The van der Waals surface area contributed by atoms with Crippen LogP contribution in [0.15, 0.2) is 103 Å². The van der Waals surface area contributed by atoms with E-state index in [9.17, 15) is 4.79 Å². The summed E-state index contributed by atoms with van der Waals surface area (Å²) >= 11 is 0. The molecule has 4 rings (SSSR count). The summed E-state index contributed by atoms with van der Waals surface area (Å²) in [5.74, 6) is 0. The van der Waals surface area contributed by atoms with Crippen molar-refractivity contribution in [3.8, 4) is 0 Å². The van der Waals surface area contributed by atoms with Crippen LogP contribution in [0.5, 0.6) is 0 Å². The van der Waals surface area contributed by atoms with Gasteiger partial charge in [0.15, 0.2) is 0 Å². The Morgan fingerprint density at radius 1 is 0.795 bits per heavy atom. The molecule has 206 valence electrons. The Morgan fingerprint density at radius 2 is 1.28 bits per heavy atom. The fourth-order valence-electron chi connectivity index (χ4n) is 4.55. The Morgan fingerprint density at radius 3 is 1.79 bits per heavy atom. The molecule has 6 nitrogen and oxygen atoms in total. The lowest BCUT2D eigenvalue weighted by Gasteiger charge is -2.45. The molecule has 0 saturated carbocycles. The van der Waals surface area contributed by atoms with E-state index in [4.69, 9.17) is 18.9 Å². The predicted octanol–water partition coefficient (Wildman–Crippen LogP) is 6.55. The minimum absolute atomic E-state index is 0.256. The van der Waals surface area contributed by atoms with Crippen LogP contribution in [0.1, 0.15) is 37.5 Å². The van der Waals surface area contributed by atoms with Gasteiger partial charge in [0.2, 0.25) is 0 Å². The number of piperidine rings is 1. The molecule has 1 heterocycles. The number of ether oxygens (including phenoxy) is 4. The van der Waals surface area contributed by atoms with Crippen LogP contribution in [0.3, 0.4) is 0 Å². The molecule has 3 atom stereocenters. The van der Waals surface area contributed by atoms with Crippen molar-refractivity contribution in [1.29, 1.82) is 0 Å². The Hall–Kier alpha value is -3.45. The van der Waals surface area contributed by atoms with Crippen LogP contribution in [-0.4, -0.2) is 48.0 Å². The standard InChI is InChI=1S/C33H39NO5/c1-25-20-34(32(35)39-33(2,3)4)29(24-36-21-26-14-8-5-9-15-26)31(38-23-28-18-12-7-13-19-28)30(25)37-22-27-16-10-6-11-17-27/h5-19,29-31H,1,20-24H2,2-4H3/t29-,30+,31-/m0/s1. The average molecular weight is 530 g/mol. The third kappa shape index (κ3) is 8.52. The Bertz CT molecular complexity index is 1180. The molecule has 0 spiro atoms. The highest BCUT2D eigenvalue weighted by atomic mass is 16.6. The van der Waals surface area contributed by atoms with Gasteiger partial charge in [0.25, 0.3) is 0 Å². The van der Waals surface area contributed by atoms with E-state index in [0.29, 0.717) is 26.4 Å². The summed E-state index contributed by atoms with van der Waals surface area (Å²) in [6, 6.07) is 29.5. The fraction of sp³-hybridized carbons (Fsp3) is 0.364. The SMILES string of the molecule is C=C1CN(C(=O)OC(C)(C)C)[C@@H](COCc2ccccc2)[C@H](OCc2ccccc2)[C@@H]1OCc1ccccc1. The zero-order chi connectivity index (χ0) is 27.7. The summed E-state index contributed by atoms with van der Waals surface area (Å²) in [6.45, 7) is 11.6. The molecule has 0 radical (unpaired) electrons. The van der Waals surface area contributed by atoms with Crippen molar-refractivity contribution in [3.05, 3.63) is 120 Å². The van der Waals surface area contributed by atoms with E-state index >= 15 is 0 Å². The number of nitrogens with zero attached hydrogens (tertiary/aromatic N) is 1. The summed E-state index contributed by atoms with van der Waals surface area (Å²) in [5.41, 5.74) is 3.26. The molecule has 3 aromatic rings. The molecule has 0 aliphatic carbocycles. The first-order valence-electron chi connectivity index (χ1n) is 13.4. The van der Waals surface area contributed by atoms with Gasteiger partial charge in [0.05, 0.1) is 32.5 Å². The zero-order valence-electron chi connectivity index (χ0n) is 23.1. The molecular formula is C33H39NO5. The first-order valence-corrected chi connectivity index (χ1v) is 13.4. The van der Waals surface area contributed by atoms with Gasteiger partial charge in [0, 0.05) is 6.54 Å². The molecule has 6 heteroatoms. The maximum atomic E-state index is 13.4. The van der Waals surface area contributed by atoms with E-state index in [1.165, 1.54) is 0 Å². The van der Waals surface area contributed by atoms with Gasteiger partial charge < -0.3 is 18.9 Å². The molecule has 1 fully saturated rings. The van der Waals surface area contributed by atoms with Crippen LogP contribution < -0.4 is 0 Å². The number of hydrogen-bond acceptors (Lipinski definition) is 5. The van der Waals surface area contributed by atoms with Crippen LogP contribution in [0.25, 0.3) is 0 Å². The van der Waals surface area contributed by atoms with E-state index in [1.807, 2.05) is 112 Å². The fourth-order valence-corrected chi connectivity index (χ4v) is 4.55. The molecular weight excluding hydrogens is 490 g/mol. The van der Waals surface area contributed by atoms with Gasteiger partial charge in [-0.3, -0.25) is 4.90 Å². The van der Waals surface area contributed by atoms with E-state index in [0.717, 1.165) is 22.3 Å². The summed E-state index contributed by atoms with van der Waals surface area (Å²) in [5, 5.41) is 0. The Balaban J connectivity index is 1.59. The lowest BCUT2D eigenvalue weighted by atomic mass is 9.92. The van der Waals surface area contributed by atoms with Crippen molar-refractivity contribution in [3.63, 3.8) is 0 Å². The van der Waals surface area contributed by atoms with E-state index in [-0.39, 0.29) is 6.61 Å². The van der Waals surface area contributed by atoms with Gasteiger partial charge >= 0.3 is 6.09 Å². The number of hydrogen-bond donors (Lipinski definition) is 0. The molecule has 0 N–H and O–H groups in total. The second-order valence-electron chi connectivity index (χ2n) is 10.8. The van der Waals surface area contributed by atoms with Crippen molar-refractivity contribution < 1.29 is 23.7 Å². The van der Waals surface area contributed by atoms with Crippen LogP contribution in [-0.2, 0) is 38.8 Å². The lowest BCUT2D eigenvalue weighted by Crippen LogP contribution is -2.61.